The molecule has 0 bridgehead atoms. The summed E-state index contributed by atoms with van der Waals surface area (Å²) in [5.74, 6) is 6.63. The highest BCUT2D eigenvalue weighted by Crippen LogP contribution is 2.40. The van der Waals surface area contributed by atoms with Gasteiger partial charge in [-0.15, -0.1) is 0 Å². The normalized spacial score (nSPS) is 12.8. The quantitative estimate of drug-likeness (QED) is 0.268. The van der Waals surface area contributed by atoms with Crippen LogP contribution in [0, 0.1) is 12.3 Å². The highest BCUT2D eigenvalue weighted by Gasteiger charge is 2.31. The Balaban J connectivity index is 2.33. The van der Waals surface area contributed by atoms with Gasteiger partial charge in [0.15, 0.2) is 0 Å². The fourth-order valence-corrected chi connectivity index (χ4v) is 3.84. The molecule has 2 rings (SSSR count). The summed E-state index contributed by atoms with van der Waals surface area (Å²) in [6.45, 7) is 14.1. The van der Waals surface area contributed by atoms with E-state index in [0.717, 1.165) is 37.2 Å². The monoisotopic (exact) mass is 395 g/mol. The molecule has 0 radical (unpaired) electrons. The predicted octanol–water partition coefficient (Wildman–Crippen LogP) is 5.50. The second-order valence-electron chi connectivity index (χ2n) is 9.02. The van der Waals surface area contributed by atoms with Crippen molar-refractivity contribution in [1.82, 2.24) is 0 Å². The van der Waals surface area contributed by atoms with Gasteiger partial charge in [0.2, 0.25) is 0 Å². The molecular weight excluding hydrogens is 358 g/mol. The first-order valence-corrected chi connectivity index (χ1v) is 10.5. The van der Waals surface area contributed by atoms with Gasteiger partial charge >= 0.3 is 0 Å². The molecule has 0 aliphatic heterocycles. The number of hydrogen-bond acceptors (Lipinski definition) is 3. The highest BCUT2D eigenvalue weighted by atomic mass is 16.5. The number of hydrazone groups is 1. The summed E-state index contributed by atoms with van der Waals surface area (Å²) in [4.78, 5) is 0. The van der Waals surface area contributed by atoms with E-state index >= 15 is 0 Å². The van der Waals surface area contributed by atoms with Crippen molar-refractivity contribution < 1.29 is 4.74 Å². The van der Waals surface area contributed by atoms with Crippen LogP contribution in [0.25, 0.3) is 0 Å². The zero-order chi connectivity index (χ0) is 21.7. The number of amidine groups is 1. The lowest BCUT2D eigenvalue weighted by atomic mass is 9.70. The second kappa shape index (κ2) is 9.34. The van der Waals surface area contributed by atoms with E-state index < -0.39 is 0 Å². The molecule has 0 fully saturated rings. The molecule has 0 saturated heterocycles. The fourth-order valence-electron chi connectivity index (χ4n) is 3.84. The lowest BCUT2D eigenvalue weighted by molar-refractivity contribution is 0.242. The van der Waals surface area contributed by atoms with Crippen LogP contribution in [0.2, 0.25) is 0 Å². The molecular formula is C25H37N3O. The Morgan fingerprint density at radius 3 is 2.03 bits per heavy atom. The van der Waals surface area contributed by atoms with E-state index in [-0.39, 0.29) is 10.8 Å². The molecule has 0 unspecified atom stereocenters. The first-order valence-electron chi connectivity index (χ1n) is 10.5. The molecule has 0 aromatic heterocycles. The standard InChI is InChI=1S/C25H37N3O/c1-7-25(8-2,20-11-9-19(10-12-20)23(26)28-27)21-13-14-22(18(3)17-21)29-16-15-24(4,5)6/h9-14,17H,7-8,15-16,27H2,1-6H3,(H2,26,28). The molecule has 4 heteroatoms. The molecule has 0 aliphatic carbocycles. The molecule has 29 heavy (non-hydrogen) atoms. The predicted molar refractivity (Wildman–Crippen MR) is 123 cm³/mol. The zero-order valence-corrected chi connectivity index (χ0v) is 18.9. The lowest BCUT2D eigenvalue weighted by Crippen LogP contribution is -2.26. The minimum atomic E-state index is -0.0537. The van der Waals surface area contributed by atoms with Gasteiger partial charge in [-0.25, -0.2) is 0 Å². The van der Waals surface area contributed by atoms with Crippen LogP contribution in [0.4, 0.5) is 0 Å². The van der Waals surface area contributed by atoms with Crippen LogP contribution < -0.4 is 16.3 Å². The highest BCUT2D eigenvalue weighted by molar-refractivity contribution is 5.97. The summed E-state index contributed by atoms with van der Waals surface area (Å²) in [5.41, 5.74) is 10.7. The summed E-state index contributed by atoms with van der Waals surface area (Å²) in [7, 11) is 0. The molecule has 158 valence electrons. The SMILES string of the molecule is CCC(CC)(c1ccc(/C(N)=N/N)cc1)c1ccc(OCCC(C)(C)C)c(C)c1. The molecule has 0 saturated carbocycles. The number of benzene rings is 2. The van der Waals surface area contributed by atoms with Gasteiger partial charge < -0.3 is 16.3 Å². The van der Waals surface area contributed by atoms with E-state index in [1.54, 1.807) is 0 Å². The fraction of sp³-hybridized carbons (Fsp3) is 0.480. The Hall–Kier alpha value is -2.49. The van der Waals surface area contributed by atoms with Gasteiger partial charge in [-0.2, -0.15) is 5.10 Å². The molecule has 2 aromatic carbocycles. The smallest absolute Gasteiger partial charge is 0.150 e. The van der Waals surface area contributed by atoms with Gasteiger partial charge in [-0.1, -0.05) is 71.0 Å². The first kappa shape index (κ1) is 22.8. The van der Waals surface area contributed by atoms with Crippen LogP contribution in [-0.4, -0.2) is 12.4 Å². The third-order valence-corrected chi connectivity index (χ3v) is 5.92. The molecule has 4 N–H and O–H groups in total. The lowest BCUT2D eigenvalue weighted by Gasteiger charge is -2.34. The van der Waals surface area contributed by atoms with Gasteiger partial charge in [-0.3, -0.25) is 0 Å². The Morgan fingerprint density at radius 1 is 0.966 bits per heavy atom. The third kappa shape index (κ3) is 5.31. The van der Waals surface area contributed by atoms with Gasteiger partial charge in [0.05, 0.1) is 6.61 Å². The van der Waals surface area contributed by atoms with Crippen LogP contribution >= 0.6 is 0 Å². The van der Waals surface area contributed by atoms with E-state index in [1.807, 2.05) is 12.1 Å². The summed E-state index contributed by atoms with van der Waals surface area (Å²) in [6, 6.07) is 14.9. The van der Waals surface area contributed by atoms with Crippen molar-refractivity contribution in [3.8, 4) is 5.75 Å². The van der Waals surface area contributed by atoms with E-state index in [4.69, 9.17) is 16.3 Å². The maximum Gasteiger partial charge on any atom is 0.150 e. The molecule has 0 amide bonds. The summed E-state index contributed by atoms with van der Waals surface area (Å²) < 4.78 is 6.07. The maximum absolute atomic E-state index is 6.07. The van der Waals surface area contributed by atoms with E-state index in [0.29, 0.717) is 5.84 Å². The summed E-state index contributed by atoms with van der Waals surface area (Å²) >= 11 is 0. The second-order valence-corrected chi connectivity index (χ2v) is 9.02. The van der Waals surface area contributed by atoms with E-state index in [2.05, 4.69) is 77.0 Å². The zero-order valence-electron chi connectivity index (χ0n) is 18.9. The minimum absolute atomic E-state index is 0.0537. The molecule has 0 heterocycles. The van der Waals surface area contributed by atoms with Crippen molar-refractivity contribution >= 4 is 5.84 Å². The van der Waals surface area contributed by atoms with Crippen LogP contribution in [-0.2, 0) is 5.41 Å². The molecule has 0 spiro atoms. The summed E-state index contributed by atoms with van der Waals surface area (Å²) in [5, 5.41) is 3.59. The Kier molecular flexibility index (Phi) is 7.34. The maximum atomic E-state index is 6.07. The van der Waals surface area contributed by atoms with Crippen LogP contribution in [0.3, 0.4) is 0 Å². The van der Waals surface area contributed by atoms with E-state index in [9.17, 15) is 0 Å². The largest absolute Gasteiger partial charge is 0.493 e. The Morgan fingerprint density at radius 2 is 1.55 bits per heavy atom. The van der Waals surface area contributed by atoms with Crippen molar-refractivity contribution in [3.05, 3.63) is 64.7 Å². The number of hydrogen-bond donors (Lipinski definition) is 2. The van der Waals surface area contributed by atoms with Crippen molar-refractivity contribution in [2.75, 3.05) is 6.61 Å². The number of aryl methyl sites for hydroxylation is 1. The van der Waals surface area contributed by atoms with E-state index in [1.165, 1.54) is 16.7 Å². The summed E-state index contributed by atoms with van der Waals surface area (Å²) in [6.07, 6.45) is 3.05. The first-order chi connectivity index (χ1) is 13.7. The van der Waals surface area contributed by atoms with Gasteiger partial charge in [-0.05, 0) is 54.4 Å². The van der Waals surface area contributed by atoms with Crippen LogP contribution in [0.15, 0.2) is 47.6 Å². The van der Waals surface area contributed by atoms with Crippen LogP contribution in [0.5, 0.6) is 5.75 Å². The minimum Gasteiger partial charge on any atom is -0.493 e. The number of rotatable bonds is 8. The number of nitrogens with zero attached hydrogens (tertiary/aromatic N) is 1. The Labute approximate surface area is 176 Å². The van der Waals surface area contributed by atoms with Crippen LogP contribution in [0.1, 0.15) is 76.1 Å². The van der Waals surface area contributed by atoms with Gasteiger partial charge in [0, 0.05) is 11.0 Å². The average molecular weight is 396 g/mol. The van der Waals surface area contributed by atoms with Crippen molar-refractivity contribution in [1.29, 1.82) is 0 Å². The van der Waals surface area contributed by atoms with Crippen molar-refractivity contribution in [3.63, 3.8) is 0 Å². The molecule has 0 aliphatic rings. The van der Waals surface area contributed by atoms with Crippen molar-refractivity contribution in [2.45, 2.75) is 66.2 Å². The van der Waals surface area contributed by atoms with Gasteiger partial charge in [0.25, 0.3) is 0 Å². The molecule has 2 aromatic rings. The van der Waals surface area contributed by atoms with Crippen molar-refractivity contribution in [2.24, 2.45) is 22.1 Å². The molecule has 4 nitrogen and oxygen atoms in total. The average Bonchev–Trinajstić information content (AvgIpc) is 2.70. The van der Waals surface area contributed by atoms with Gasteiger partial charge in [0.1, 0.15) is 11.6 Å². The topological polar surface area (TPSA) is 73.6 Å². The third-order valence-electron chi connectivity index (χ3n) is 5.92. The number of ether oxygens (including phenoxy) is 1. The molecule has 0 atom stereocenters. The number of nitrogens with two attached hydrogens (primary N) is 2. The Bertz CT molecular complexity index is 828.